The van der Waals surface area contributed by atoms with E-state index in [0.29, 0.717) is 60.8 Å². The highest BCUT2D eigenvalue weighted by Gasteiger charge is 2.28. The topological polar surface area (TPSA) is 141 Å². The van der Waals surface area contributed by atoms with E-state index in [9.17, 15) is 13.2 Å². The van der Waals surface area contributed by atoms with Gasteiger partial charge in [-0.15, -0.1) is 0 Å². The third-order valence-corrected chi connectivity index (χ3v) is 8.51. The average Bonchev–Trinajstić information content (AvgIpc) is 3.54. The van der Waals surface area contributed by atoms with Crippen LogP contribution >= 0.6 is 0 Å². The molecule has 2 aromatic carbocycles. The van der Waals surface area contributed by atoms with Crippen molar-refractivity contribution in [3.63, 3.8) is 0 Å². The van der Waals surface area contributed by atoms with E-state index in [1.165, 1.54) is 0 Å². The second-order valence-electron chi connectivity index (χ2n) is 10.6. The molecule has 0 unspecified atom stereocenters. The van der Waals surface area contributed by atoms with Crippen LogP contribution in [0.5, 0.6) is 5.75 Å². The normalized spacial score (nSPS) is 14.2. The van der Waals surface area contributed by atoms with Crippen LogP contribution in [0.2, 0.25) is 0 Å². The summed E-state index contributed by atoms with van der Waals surface area (Å²) in [5.41, 5.74) is 3.75. The third kappa shape index (κ3) is 6.06. The van der Waals surface area contributed by atoms with Gasteiger partial charge in [-0.25, -0.2) is 13.1 Å². The molecule has 1 aromatic heterocycles. The number of nitrogens with one attached hydrogen (secondary N) is 4. The van der Waals surface area contributed by atoms with E-state index in [1.54, 1.807) is 50.1 Å². The number of anilines is 6. The Balaban J connectivity index is 1.49. The van der Waals surface area contributed by atoms with E-state index < -0.39 is 10.0 Å². The summed E-state index contributed by atoms with van der Waals surface area (Å²) in [4.78, 5) is 26.1. The number of rotatable bonds is 10. The summed E-state index contributed by atoms with van der Waals surface area (Å²) in [5.74, 6) is 2.08. The fourth-order valence-corrected chi connectivity index (χ4v) is 6.47. The Labute approximate surface area is 240 Å². The largest absolute Gasteiger partial charge is 0.495 e. The number of nitrogens with zero attached hydrogens (tertiary/aromatic N) is 4. The molecule has 0 saturated carbocycles. The highest BCUT2D eigenvalue weighted by atomic mass is 32.2. The molecule has 13 heteroatoms. The Kier molecular flexibility index (Phi) is 8.02. The first-order valence-electron chi connectivity index (χ1n) is 13.5. The Hall–Kier alpha value is -3.94. The van der Waals surface area contributed by atoms with Gasteiger partial charge < -0.3 is 30.5 Å². The number of carbonyl (C=O) groups is 1. The van der Waals surface area contributed by atoms with Crippen molar-refractivity contribution in [2.24, 2.45) is 0 Å². The molecule has 1 amide bonds. The van der Waals surface area contributed by atoms with Crippen molar-refractivity contribution in [1.29, 1.82) is 0 Å². The zero-order valence-electron chi connectivity index (χ0n) is 23.9. The molecule has 3 aromatic rings. The molecule has 12 nitrogen and oxygen atoms in total. The first kappa shape index (κ1) is 28.6. The van der Waals surface area contributed by atoms with Gasteiger partial charge in [0.25, 0.3) is 0 Å². The van der Waals surface area contributed by atoms with Crippen LogP contribution in [-0.4, -0.2) is 76.1 Å². The van der Waals surface area contributed by atoms with Gasteiger partial charge in [0.15, 0.2) is 0 Å². The number of benzene rings is 2. The molecule has 5 rings (SSSR count). The summed E-state index contributed by atoms with van der Waals surface area (Å²) in [6, 6.07) is 10.3. The lowest BCUT2D eigenvalue weighted by Gasteiger charge is -2.21. The molecule has 2 aliphatic rings. The highest BCUT2D eigenvalue weighted by molar-refractivity contribution is 7.89. The van der Waals surface area contributed by atoms with E-state index in [-0.39, 0.29) is 16.8 Å². The quantitative estimate of drug-likeness (QED) is 0.283. The lowest BCUT2D eigenvalue weighted by atomic mass is 10.1. The van der Waals surface area contributed by atoms with E-state index in [4.69, 9.17) is 9.72 Å². The smallest absolute Gasteiger partial charge is 0.242 e. The molecule has 3 heterocycles. The van der Waals surface area contributed by atoms with Gasteiger partial charge in [-0.3, -0.25) is 4.79 Å². The lowest BCUT2D eigenvalue weighted by molar-refractivity contribution is -0.119. The van der Waals surface area contributed by atoms with Crippen molar-refractivity contribution in [1.82, 2.24) is 19.6 Å². The monoisotopic (exact) mass is 580 g/mol. The summed E-state index contributed by atoms with van der Waals surface area (Å²) in [5, 5.41) is 9.81. The van der Waals surface area contributed by atoms with E-state index >= 15 is 0 Å². The Morgan fingerprint density at radius 3 is 2.63 bits per heavy atom. The van der Waals surface area contributed by atoms with Crippen LogP contribution in [0.3, 0.4) is 0 Å². The summed E-state index contributed by atoms with van der Waals surface area (Å²) in [6.45, 7) is 5.16. The van der Waals surface area contributed by atoms with Crippen molar-refractivity contribution in [2.45, 2.75) is 37.6 Å². The molecule has 0 bridgehead atoms. The summed E-state index contributed by atoms with van der Waals surface area (Å²) in [7, 11) is 1.58. The van der Waals surface area contributed by atoms with Crippen LogP contribution in [0.1, 0.15) is 25.0 Å². The van der Waals surface area contributed by atoms with Crippen molar-refractivity contribution in [3.8, 4) is 5.75 Å². The van der Waals surface area contributed by atoms with Crippen molar-refractivity contribution in [3.05, 3.63) is 47.5 Å². The fourth-order valence-electron chi connectivity index (χ4n) is 5.05. The number of hydrogen-bond donors (Lipinski definition) is 4. The molecule has 41 heavy (non-hydrogen) atoms. The predicted molar refractivity (Wildman–Crippen MR) is 160 cm³/mol. The van der Waals surface area contributed by atoms with Gasteiger partial charge in [-0.2, -0.15) is 9.97 Å². The third-order valence-electron chi connectivity index (χ3n) is 6.79. The van der Waals surface area contributed by atoms with Gasteiger partial charge in [0.1, 0.15) is 22.3 Å². The molecule has 0 fully saturated rings. The van der Waals surface area contributed by atoms with E-state index in [0.717, 1.165) is 23.2 Å². The molecule has 0 spiro atoms. The molecular weight excluding hydrogens is 544 g/mol. The standard InChI is InChI=1S/C28H36N8O4S/c1-17(2)34-41(38,39)24-9-7-6-8-20(24)30-27-19-10-12-29-26(19)32-28(33-27)31-21-15-22-18(14-23(21)40-5)11-13-36(22)25(37)16-35(3)4/h6-9,14-15,17,34H,10-13,16H2,1-5H3,(H3,29,30,31,32,33). The minimum Gasteiger partial charge on any atom is -0.495 e. The zero-order valence-corrected chi connectivity index (χ0v) is 24.7. The van der Waals surface area contributed by atoms with Crippen molar-refractivity contribution in [2.75, 3.05) is 61.7 Å². The molecule has 0 aliphatic carbocycles. The average molecular weight is 581 g/mol. The van der Waals surface area contributed by atoms with Gasteiger partial charge in [-0.1, -0.05) is 12.1 Å². The van der Waals surface area contributed by atoms with Crippen LogP contribution in [0.25, 0.3) is 0 Å². The summed E-state index contributed by atoms with van der Waals surface area (Å²) >= 11 is 0. The molecule has 0 atom stereocenters. The second kappa shape index (κ2) is 11.5. The number of carbonyl (C=O) groups excluding carboxylic acids is 1. The molecule has 0 saturated heterocycles. The van der Waals surface area contributed by atoms with Crippen LogP contribution in [0, 0.1) is 0 Å². The number of ether oxygens (including phenoxy) is 1. The first-order chi connectivity index (χ1) is 19.6. The minimum absolute atomic E-state index is 0.0231. The van der Waals surface area contributed by atoms with Gasteiger partial charge in [-0.05, 0) is 70.6 Å². The van der Waals surface area contributed by atoms with Crippen molar-refractivity contribution >= 4 is 50.6 Å². The number of hydrogen-bond acceptors (Lipinski definition) is 10. The maximum absolute atomic E-state index is 13.0. The molecule has 2 aliphatic heterocycles. The zero-order chi connectivity index (χ0) is 29.3. The van der Waals surface area contributed by atoms with Gasteiger partial charge in [0.05, 0.1) is 25.0 Å². The first-order valence-corrected chi connectivity index (χ1v) is 15.0. The van der Waals surface area contributed by atoms with Crippen LogP contribution < -0.4 is 30.3 Å². The molecule has 4 N–H and O–H groups in total. The number of sulfonamides is 1. The van der Waals surface area contributed by atoms with Gasteiger partial charge in [0.2, 0.25) is 21.9 Å². The molecule has 218 valence electrons. The van der Waals surface area contributed by atoms with Crippen LogP contribution in [-0.2, 0) is 27.7 Å². The Bertz CT molecular complexity index is 1580. The minimum atomic E-state index is -3.76. The number of likely N-dealkylation sites (N-methyl/N-ethyl adjacent to an activating group) is 1. The van der Waals surface area contributed by atoms with Gasteiger partial charge in [0, 0.05) is 30.4 Å². The maximum Gasteiger partial charge on any atom is 0.242 e. The maximum atomic E-state index is 13.0. The summed E-state index contributed by atoms with van der Waals surface area (Å²) < 4.78 is 34.4. The number of aromatic nitrogens is 2. The SMILES string of the molecule is COc1cc2c(cc1Nc1nc3c(c(Nc4ccccc4S(=O)(=O)NC(C)C)n1)CCN3)N(C(=O)CN(C)C)CC2. The van der Waals surface area contributed by atoms with Crippen molar-refractivity contribution < 1.29 is 17.9 Å². The molecule has 0 radical (unpaired) electrons. The number of para-hydroxylation sites is 1. The Morgan fingerprint density at radius 2 is 1.90 bits per heavy atom. The predicted octanol–water partition coefficient (Wildman–Crippen LogP) is 3.08. The highest BCUT2D eigenvalue weighted by Crippen LogP contribution is 2.39. The number of fused-ring (bicyclic) bond motifs is 2. The van der Waals surface area contributed by atoms with Gasteiger partial charge >= 0.3 is 0 Å². The van der Waals surface area contributed by atoms with Crippen LogP contribution in [0.15, 0.2) is 41.3 Å². The molecular formula is C28H36N8O4S. The van der Waals surface area contributed by atoms with Crippen LogP contribution in [0.4, 0.5) is 34.6 Å². The number of methoxy groups -OCH3 is 1. The fraction of sp³-hybridized carbons (Fsp3) is 0.393. The summed E-state index contributed by atoms with van der Waals surface area (Å²) in [6.07, 6.45) is 1.43. The Morgan fingerprint density at radius 1 is 1.12 bits per heavy atom. The second-order valence-corrected chi connectivity index (χ2v) is 12.3. The van der Waals surface area contributed by atoms with E-state index in [1.807, 2.05) is 31.1 Å². The van der Waals surface area contributed by atoms with E-state index in [2.05, 4.69) is 25.7 Å². The lowest BCUT2D eigenvalue weighted by Crippen LogP contribution is -2.36. The number of amides is 1.